The number of nitrogens with two attached hydrogens (primary N) is 1. The fourth-order valence-electron chi connectivity index (χ4n) is 1.13. The minimum atomic E-state index is -1.49. The summed E-state index contributed by atoms with van der Waals surface area (Å²) in [6.45, 7) is -0.0258. The Hall–Kier alpha value is -0.240. The van der Waals surface area contributed by atoms with Gasteiger partial charge in [0.1, 0.15) is 24.4 Å². The van der Waals surface area contributed by atoms with Crippen LogP contribution in [0.3, 0.4) is 0 Å². The molecule has 12 heavy (non-hydrogen) atoms. The Balaban J connectivity index is 2.63. The lowest BCUT2D eigenvalue weighted by Crippen LogP contribution is -2.59. The van der Waals surface area contributed by atoms with E-state index in [4.69, 9.17) is 25.8 Å². The second kappa shape index (κ2) is 3.65. The van der Waals surface area contributed by atoms with E-state index in [0.29, 0.717) is 0 Å². The van der Waals surface area contributed by atoms with E-state index >= 15 is 0 Å². The van der Waals surface area contributed by atoms with Crippen LogP contribution >= 0.6 is 0 Å². The van der Waals surface area contributed by atoms with Gasteiger partial charge in [-0.1, -0.05) is 0 Å². The van der Waals surface area contributed by atoms with E-state index in [1.54, 1.807) is 0 Å². The molecule has 1 fully saturated rings. The third-order valence-corrected chi connectivity index (χ3v) is 1.92. The molecule has 6 heteroatoms. The highest BCUT2D eigenvalue weighted by atomic mass is 16.6. The molecule has 0 saturated carbocycles. The van der Waals surface area contributed by atoms with Crippen molar-refractivity contribution in [3.8, 4) is 0 Å². The van der Waals surface area contributed by atoms with Gasteiger partial charge in [0.25, 0.3) is 0 Å². The molecule has 6 N–H and O–H groups in total. The summed E-state index contributed by atoms with van der Waals surface area (Å²) in [5.74, 6) is 0. The van der Waals surface area contributed by atoms with Gasteiger partial charge in [-0.25, -0.2) is 0 Å². The molecule has 0 radical (unpaired) electrons. The van der Waals surface area contributed by atoms with Crippen LogP contribution in [0, 0.1) is 0 Å². The second-order valence-electron chi connectivity index (χ2n) is 2.77. The topological polar surface area (TPSA) is 116 Å². The number of ether oxygens (including phenoxy) is 1. The normalized spacial score (nSPS) is 49.2. The summed E-state index contributed by atoms with van der Waals surface area (Å²) in [5.41, 5.74) is 5.17. The molecule has 0 aliphatic carbocycles. The van der Waals surface area contributed by atoms with Gasteiger partial charge in [0.15, 0.2) is 6.29 Å². The zero-order valence-electron chi connectivity index (χ0n) is 6.37. The zero-order valence-corrected chi connectivity index (χ0v) is 6.37. The van der Waals surface area contributed by atoms with Crippen LogP contribution in [-0.2, 0) is 4.74 Å². The molecule has 5 atom stereocenters. The molecular formula is C6H13NO5. The highest BCUT2D eigenvalue weighted by Crippen LogP contribution is 2.18. The van der Waals surface area contributed by atoms with Crippen LogP contribution in [0.5, 0.6) is 0 Å². The van der Waals surface area contributed by atoms with Crippen molar-refractivity contribution in [1.82, 2.24) is 0 Å². The predicted molar refractivity (Wildman–Crippen MR) is 38.0 cm³/mol. The Labute approximate surface area is 69.2 Å². The predicted octanol–water partition coefficient (Wildman–Crippen LogP) is -3.25. The summed E-state index contributed by atoms with van der Waals surface area (Å²) >= 11 is 0. The summed E-state index contributed by atoms with van der Waals surface area (Å²) < 4.78 is 4.70. The highest BCUT2D eigenvalue weighted by molar-refractivity contribution is 4.88. The Morgan fingerprint density at radius 3 is 2.08 bits per heavy atom. The van der Waals surface area contributed by atoms with E-state index in [9.17, 15) is 5.11 Å². The van der Waals surface area contributed by atoms with Crippen molar-refractivity contribution in [3.05, 3.63) is 0 Å². The van der Waals surface area contributed by atoms with Crippen molar-refractivity contribution in [2.24, 2.45) is 5.73 Å². The Kier molecular flexibility index (Phi) is 2.99. The van der Waals surface area contributed by atoms with Gasteiger partial charge < -0.3 is 30.9 Å². The molecule has 3 unspecified atom stereocenters. The van der Waals surface area contributed by atoms with Gasteiger partial charge in [0, 0.05) is 6.54 Å². The first-order chi connectivity index (χ1) is 5.57. The van der Waals surface area contributed by atoms with Gasteiger partial charge in [-0.05, 0) is 0 Å². The Morgan fingerprint density at radius 2 is 1.58 bits per heavy atom. The standard InChI is InChI=1S/C6H13NO5/c7-1-2-3(8)4(9)5(10)6(11)12-2/h2-6,8-11H,1,7H2/t2?,3-,4?,5+,6?/m0/s1. The van der Waals surface area contributed by atoms with Crippen LogP contribution in [0.4, 0.5) is 0 Å². The summed E-state index contributed by atoms with van der Waals surface area (Å²) in [6.07, 6.45) is -6.48. The molecule has 0 bridgehead atoms. The molecule has 1 heterocycles. The number of hydrogen-bond acceptors (Lipinski definition) is 6. The van der Waals surface area contributed by atoms with Crippen molar-refractivity contribution >= 4 is 0 Å². The van der Waals surface area contributed by atoms with Gasteiger partial charge in [0.05, 0.1) is 0 Å². The molecule has 72 valence electrons. The fraction of sp³-hybridized carbons (Fsp3) is 1.00. The summed E-state index contributed by atoms with van der Waals surface area (Å²) in [7, 11) is 0. The van der Waals surface area contributed by atoms with Crippen LogP contribution in [0.15, 0.2) is 0 Å². The van der Waals surface area contributed by atoms with Crippen molar-refractivity contribution in [3.63, 3.8) is 0 Å². The first kappa shape index (κ1) is 9.85. The van der Waals surface area contributed by atoms with Gasteiger partial charge in [0.2, 0.25) is 0 Å². The van der Waals surface area contributed by atoms with E-state index in [0.717, 1.165) is 0 Å². The molecule has 1 saturated heterocycles. The maximum atomic E-state index is 9.20. The van der Waals surface area contributed by atoms with Gasteiger partial charge in [-0.3, -0.25) is 0 Å². The van der Waals surface area contributed by atoms with Crippen molar-refractivity contribution in [1.29, 1.82) is 0 Å². The number of hydrogen-bond donors (Lipinski definition) is 5. The summed E-state index contributed by atoms with van der Waals surface area (Å²) in [4.78, 5) is 0. The summed E-state index contributed by atoms with van der Waals surface area (Å²) in [6, 6.07) is 0. The van der Waals surface area contributed by atoms with Crippen molar-refractivity contribution < 1.29 is 25.2 Å². The molecule has 6 nitrogen and oxygen atoms in total. The summed E-state index contributed by atoms with van der Waals surface area (Å²) in [5, 5.41) is 36.3. The molecule has 0 spiro atoms. The molecule has 0 amide bonds. The molecule has 0 aromatic heterocycles. The third-order valence-electron chi connectivity index (χ3n) is 1.92. The van der Waals surface area contributed by atoms with E-state index in [-0.39, 0.29) is 6.54 Å². The average Bonchev–Trinajstić information content (AvgIpc) is 2.08. The molecular weight excluding hydrogens is 166 g/mol. The van der Waals surface area contributed by atoms with Gasteiger partial charge in [-0.15, -0.1) is 0 Å². The van der Waals surface area contributed by atoms with Crippen LogP contribution in [0.1, 0.15) is 0 Å². The lowest BCUT2D eigenvalue weighted by atomic mass is 9.99. The zero-order chi connectivity index (χ0) is 9.30. The van der Waals surface area contributed by atoms with E-state index < -0.39 is 30.7 Å². The molecule has 0 aromatic carbocycles. The average molecular weight is 179 g/mol. The van der Waals surface area contributed by atoms with Crippen molar-refractivity contribution in [2.45, 2.75) is 30.7 Å². The van der Waals surface area contributed by atoms with Gasteiger partial charge in [-0.2, -0.15) is 0 Å². The van der Waals surface area contributed by atoms with Crippen LogP contribution in [-0.4, -0.2) is 57.7 Å². The number of aliphatic hydroxyl groups is 4. The highest BCUT2D eigenvalue weighted by Gasteiger charge is 2.42. The van der Waals surface area contributed by atoms with Crippen LogP contribution in [0.25, 0.3) is 0 Å². The lowest BCUT2D eigenvalue weighted by Gasteiger charge is -2.37. The SMILES string of the molecule is NCC1OC(O)[C@H](O)C(O)[C@H]1O. The number of rotatable bonds is 1. The molecule has 0 aromatic rings. The van der Waals surface area contributed by atoms with Crippen molar-refractivity contribution in [2.75, 3.05) is 6.54 Å². The van der Waals surface area contributed by atoms with E-state index in [1.165, 1.54) is 0 Å². The Morgan fingerprint density at radius 1 is 1.00 bits per heavy atom. The first-order valence-electron chi connectivity index (χ1n) is 3.65. The fourth-order valence-corrected chi connectivity index (χ4v) is 1.13. The minimum absolute atomic E-state index is 0.0258. The second-order valence-corrected chi connectivity index (χ2v) is 2.77. The quantitative estimate of drug-likeness (QED) is 0.288. The molecule has 1 rings (SSSR count). The van der Waals surface area contributed by atoms with E-state index in [2.05, 4.69) is 0 Å². The number of aliphatic hydroxyl groups excluding tert-OH is 4. The molecule has 1 aliphatic rings. The van der Waals surface area contributed by atoms with Crippen LogP contribution in [0.2, 0.25) is 0 Å². The maximum absolute atomic E-state index is 9.20. The Bertz CT molecular complexity index is 150. The third kappa shape index (κ3) is 1.58. The largest absolute Gasteiger partial charge is 0.388 e. The maximum Gasteiger partial charge on any atom is 0.184 e. The minimum Gasteiger partial charge on any atom is -0.388 e. The van der Waals surface area contributed by atoms with Crippen LogP contribution < -0.4 is 5.73 Å². The molecule has 1 aliphatic heterocycles. The first-order valence-corrected chi connectivity index (χ1v) is 3.65. The monoisotopic (exact) mass is 179 g/mol. The lowest BCUT2D eigenvalue weighted by molar-refractivity contribution is -0.279. The van der Waals surface area contributed by atoms with E-state index in [1.807, 2.05) is 0 Å². The van der Waals surface area contributed by atoms with Gasteiger partial charge >= 0.3 is 0 Å². The smallest absolute Gasteiger partial charge is 0.184 e.